The maximum atomic E-state index is 12.2. The second kappa shape index (κ2) is 6.23. The minimum atomic E-state index is -3.80. The van der Waals surface area contributed by atoms with Gasteiger partial charge in [-0.3, -0.25) is 9.59 Å². The predicted octanol–water partition coefficient (Wildman–Crippen LogP) is -0.141. The van der Waals surface area contributed by atoms with Crippen molar-refractivity contribution in [3.05, 3.63) is 35.9 Å². The maximum absolute atomic E-state index is 12.2. The van der Waals surface area contributed by atoms with Gasteiger partial charge in [-0.25, -0.2) is 8.42 Å². The van der Waals surface area contributed by atoms with E-state index in [1.807, 2.05) is 6.07 Å². The molecule has 0 unspecified atom stereocenters. The molecule has 1 aromatic rings. The lowest BCUT2D eigenvalue weighted by Crippen LogP contribution is -2.51. The van der Waals surface area contributed by atoms with E-state index in [0.29, 0.717) is 5.56 Å². The van der Waals surface area contributed by atoms with Crippen LogP contribution in [0.15, 0.2) is 30.3 Å². The number of carboxylic acids is 1. The molecule has 1 aliphatic heterocycles. The zero-order valence-electron chi connectivity index (χ0n) is 11.3. The van der Waals surface area contributed by atoms with Gasteiger partial charge in [0, 0.05) is 31.7 Å². The monoisotopic (exact) mass is 312 g/mol. The number of piperazine rings is 1. The molecule has 0 aromatic heterocycles. The topological polar surface area (TPSA) is 95.0 Å². The van der Waals surface area contributed by atoms with Crippen LogP contribution in [0.2, 0.25) is 0 Å². The molecular weight excluding hydrogens is 296 g/mol. The molecule has 0 bridgehead atoms. The third kappa shape index (κ3) is 3.79. The number of nitrogens with zero attached hydrogens (tertiary/aromatic N) is 2. The Hall–Kier alpha value is -1.93. The van der Waals surface area contributed by atoms with Gasteiger partial charge in [-0.15, -0.1) is 0 Å². The smallest absolute Gasteiger partial charge is 0.320 e. The Bertz CT molecular complexity index is 621. The van der Waals surface area contributed by atoms with Gasteiger partial charge in [-0.2, -0.15) is 4.31 Å². The zero-order chi connectivity index (χ0) is 15.5. The van der Waals surface area contributed by atoms with Gasteiger partial charge in [0.2, 0.25) is 10.0 Å². The highest BCUT2D eigenvalue weighted by molar-refractivity contribution is 7.89. The average Bonchev–Trinajstić information content (AvgIpc) is 2.46. The summed E-state index contributed by atoms with van der Waals surface area (Å²) >= 11 is 0. The fraction of sp³-hybridized carbons (Fsp3) is 0.385. The summed E-state index contributed by atoms with van der Waals surface area (Å²) in [5.74, 6) is -2.44. The van der Waals surface area contributed by atoms with E-state index >= 15 is 0 Å². The Balaban J connectivity index is 1.98. The number of sulfonamides is 1. The molecule has 1 N–H and O–H groups in total. The van der Waals surface area contributed by atoms with Crippen LogP contribution in [0.4, 0.5) is 0 Å². The molecule has 2 rings (SSSR count). The van der Waals surface area contributed by atoms with Gasteiger partial charge in [0.25, 0.3) is 5.91 Å². The first-order valence-electron chi connectivity index (χ1n) is 6.44. The molecule has 0 atom stereocenters. The van der Waals surface area contributed by atoms with Crippen LogP contribution in [0.1, 0.15) is 10.4 Å². The lowest BCUT2D eigenvalue weighted by atomic mass is 10.2. The fourth-order valence-electron chi connectivity index (χ4n) is 2.18. The number of benzene rings is 1. The number of amides is 1. The molecule has 0 spiro atoms. The first-order chi connectivity index (χ1) is 9.90. The van der Waals surface area contributed by atoms with Gasteiger partial charge in [0.1, 0.15) is 0 Å². The third-order valence-electron chi connectivity index (χ3n) is 3.25. The summed E-state index contributed by atoms with van der Waals surface area (Å²) in [6.45, 7) is 0.752. The summed E-state index contributed by atoms with van der Waals surface area (Å²) in [7, 11) is -3.80. The maximum Gasteiger partial charge on any atom is 0.320 e. The largest absolute Gasteiger partial charge is 0.480 e. The van der Waals surface area contributed by atoms with E-state index < -0.39 is 21.7 Å². The van der Waals surface area contributed by atoms with Crippen molar-refractivity contribution >= 4 is 21.9 Å². The normalized spacial score (nSPS) is 16.7. The van der Waals surface area contributed by atoms with E-state index in [9.17, 15) is 18.0 Å². The number of carbonyl (C=O) groups excluding carboxylic acids is 1. The number of carboxylic acid groups (broad SMARTS) is 1. The van der Waals surface area contributed by atoms with Crippen LogP contribution >= 0.6 is 0 Å². The predicted molar refractivity (Wildman–Crippen MR) is 75.3 cm³/mol. The Morgan fingerprint density at radius 3 is 2.14 bits per heavy atom. The molecule has 1 aliphatic rings. The highest BCUT2D eigenvalue weighted by Crippen LogP contribution is 2.11. The van der Waals surface area contributed by atoms with E-state index in [-0.39, 0.29) is 32.1 Å². The molecule has 1 fully saturated rings. The average molecular weight is 312 g/mol. The van der Waals surface area contributed by atoms with E-state index in [1.165, 1.54) is 0 Å². The molecule has 8 heteroatoms. The van der Waals surface area contributed by atoms with Crippen molar-refractivity contribution in [1.82, 2.24) is 9.21 Å². The SMILES string of the molecule is O=C(O)CS(=O)(=O)N1CCN(C(=O)c2ccccc2)CC1. The van der Waals surface area contributed by atoms with Gasteiger partial charge in [-0.1, -0.05) is 18.2 Å². The Labute approximate surface area is 122 Å². The zero-order valence-corrected chi connectivity index (χ0v) is 12.1. The van der Waals surface area contributed by atoms with Crippen LogP contribution in [0.3, 0.4) is 0 Å². The van der Waals surface area contributed by atoms with Crippen molar-refractivity contribution in [1.29, 1.82) is 0 Å². The molecule has 21 heavy (non-hydrogen) atoms. The number of aliphatic carboxylic acids is 1. The molecule has 0 radical (unpaired) electrons. The first kappa shape index (κ1) is 15.5. The van der Waals surface area contributed by atoms with Crippen LogP contribution in [0.25, 0.3) is 0 Å². The van der Waals surface area contributed by atoms with Crippen LogP contribution < -0.4 is 0 Å². The van der Waals surface area contributed by atoms with Gasteiger partial charge < -0.3 is 10.0 Å². The Kier molecular flexibility index (Phi) is 4.59. The van der Waals surface area contributed by atoms with E-state index in [0.717, 1.165) is 4.31 Å². The van der Waals surface area contributed by atoms with Crippen molar-refractivity contribution in [3.63, 3.8) is 0 Å². The van der Waals surface area contributed by atoms with E-state index in [2.05, 4.69) is 0 Å². The van der Waals surface area contributed by atoms with Crippen molar-refractivity contribution < 1.29 is 23.1 Å². The summed E-state index contributed by atoms with van der Waals surface area (Å²) in [6, 6.07) is 8.75. The van der Waals surface area contributed by atoms with Crippen molar-refractivity contribution in [2.45, 2.75) is 0 Å². The molecule has 1 amide bonds. The Morgan fingerprint density at radius 1 is 1.05 bits per heavy atom. The minimum absolute atomic E-state index is 0.119. The number of rotatable bonds is 4. The number of carbonyl (C=O) groups is 2. The summed E-state index contributed by atoms with van der Waals surface area (Å²) < 4.78 is 24.7. The summed E-state index contributed by atoms with van der Waals surface area (Å²) in [6.07, 6.45) is 0. The molecule has 7 nitrogen and oxygen atoms in total. The lowest BCUT2D eigenvalue weighted by Gasteiger charge is -2.33. The molecule has 0 saturated carbocycles. The fourth-order valence-corrected chi connectivity index (χ4v) is 3.39. The molecular formula is C13H16N2O5S. The molecule has 114 valence electrons. The van der Waals surface area contributed by atoms with Gasteiger partial charge in [0.05, 0.1) is 0 Å². The highest BCUT2D eigenvalue weighted by Gasteiger charge is 2.30. The molecule has 0 aliphatic carbocycles. The highest BCUT2D eigenvalue weighted by atomic mass is 32.2. The van der Waals surface area contributed by atoms with Gasteiger partial charge in [0.15, 0.2) is 5.75 Å². The quantitative estimate of drug-likeness (QED) is 0.835. The molecule has 1 aromatic carbocycles. The molecule has 1 heterocycles. The lowest BCUT2D eigenvalue weighted by molar-refractivity contribution is -0.134. The minimum Gasteiger partial charge on any atom is -0.480 e. The van der Waals surface area contributed by atoms with Crippen molar-refractivity contribution in [3.8, 4) is 0 Å². The summed E-state index contributed by atoms with van der Waals surface area (Å²) in [4.78, 5) is 24.3. The van der Waals surface area contributed by atoms with E-state index in [1.54, 1.807) is 29.2 Å². The van der Waals surface area contributed by atoms with Crippen LogP contribution in [0, 0.1) is 0 Å². The van der Waals surface area contributed by atoms with Crippen molar-refractivity contribution in [2.75, 3.05) is 31.9 Å². The van der Waals surface area contributed by atoms with Crippen LogP contribution in [0.5, 0.6) is 0 Å². The summed E-state index contributed by atoms with van der Waals surface area (Å²) in [5, 5.41) is 8.60. The van der Waals surface area contributed by atoms with E-state index in [4.69, 9.17) is 5.11 Å². The number of hydrogen-bond donors (Lipinski definition) is 1. The van der Waals surface area contributed by atoms with Gasteiger partial charge in [-0.05, 0) is 12.1 Å². The standard InChI is InChI=1S/C13H16N2O5S/c16-12(17)10-21(19,20)15-8-6-14(7-9-15)13(18)11-4-2-1-3-5-11/h1-5H,6-10H2,(H,16,17). The molecule has 1 saturated heterocycles. The van der Waals surface area contributed by atoms with Gasteiger partial charge >= 0.3 is 5.97 Å². The van der Waals surface area contributed by atoms with Crippen LogP contribution in [-0.4, -0.2) is 66.5 Å². The van der Waals surface area contributed by atoms with Crippen molar-refractivity contribution in [2.24, 2.45) is 0 Å². The number of hydrogen-bond acceptors (Lipinski definition) is 4. The first-order valence-corrected chi connectivity index (χ1v) is 8.05. The Morgan fingerprint density at radius 2 is 1.62 bits per heavy atom. The second-order valence-electron chi connectivity index (χ2n) is 4.71. The summed E-state index contributed by atoms with van der Waals surface area (Å²) in [5.41, 5.74) is 0.555. The third-order valence-corrected chi connectivity index (χ3v) is 5.01. The van der Waals surface area contributed by atoms with Crippen LogP contribution in [-0.2, 0) is 14.8 Å². The second-order valence-corrected chi connectivity index (χ2v) is 6.68.